The number of anilines is 1. The molecule has 2 aromatic carbocycles. The zero-order valence-corrected chi connectivity index (χ0v) is 15.5. The summed E-state index contributed by atoms with van der Waals surface area (Å²) in [5, 5.41) is 11.7. The van der Waals surface area contributed by atoms with Crippen LogP contribution >= 0.6 is 11.6 Å². The first kappa shape index (κ1) is 18.1. The largest absolute Gasteiger partial charge is 0.378 e. The van der Waals surface area contributed by atoms with Crippen LogP contribution in [0.1, 0.15) is 27.3 Å². The molecule has 0 atom stereocenters. The molecule has 1 N–H and O–H groups in total. The Morgan fingerprint density at radius 3 is 2.58 bits per heavy atom. The molecule has 1 heterocycles. The van der Waals surface area contributed by atoms with Crippen molar-refractivity contribution < 1.29 is 9.53 Å². The summed E-state index contributed by atoms with van der Waals surface area (Å²) >= 11 is 6.03. The number of amides is 1. The van der Waals surface area contributed by atoms with Crippen LogP contribution in [0.3, 0.4) is 0 Å². The highest BCUT2D eigenvalue weighted by Crippen LogP contribution is 2.21. The zero-order valence-electron chi connectivity index (χ0n) is 14.8. The van der Waals surface area contributed by atoms with Gasteiger partial charge in [-0.1, -0.05) is 34.5 Å². The number of aryl methyl sites for hydroxylation is 2. The monoisotopic (exact) mass is 370 g/mol. The fourth-order valence-corrected chi connectivity index (χ4v) is 2.67. The van der Waals surface area contributed by atoms with E-state index in [-0.39, 0.29) is 18.2 Å². The van der Waals surface area contributed by atoms with Crippen molar-refractivity contribution in [3.63, 3.8) is 0 Å². The Morgan fingerprint density at radius 1 is 1.19 bits per heavy atom. The van der Waals surface area contributed by atoms with E-state index in [1.54, 1.807) is 30.0 Å². The number of nitrogens with zero attached hydrogens (tertiary/aromatic N) is 3. The Labute approximate surface area is 156 Å². The van der Waals surface area contributed by atoms with Crippen molar-refractivity contribution in [1.29, 1.82) is 0 Å². The van der Waals surface area contributed by atoms with Gasteiger partial charge in [0.05, 0.1) is 12.3 Å². The van der Waals surface area contributed by atoms with E-state index in [2.05, 4.69) is 15.6 Å². The molecule has 7 heteroatoms. The summed E-state index contributed by atoms with van der Waals surface area (Å²) in [4.78, 5) is 12.7. The third-order valence-corrected chi connectivity index (χ3v) is 4.38. The molecule has 0 aliphatic carbocycles. The van der Waals surface area contributed by atoms with Crippen LogP contribution in [-0.2, 0) is 11.3 Å². The molecule has 0 saturated carbocycles. The highest BCUT2D eigenvalue weighted by atomic mass is 35.5. The zero-order chi connectivity index (χ0) is 18.7. The quantitative estimate of drug-likeness (QED) is 0.738. The number of benzene rings is 2. The first-order valence-electron chi connectivity index (χ1n) is 8.07. The maximum absolute atomic E-state index is 12.7. The molecule has 3 rings (SSSR count). The Balaban J connectivity index is 1.92. The second-order valence-electron chi connectivity index (χ2n) is 5.98. The SMILES string of the molecule is COCc1c(C(=O)Nc2ccc(Cl)c(C)c2)nnn1-c1ccc(C)cc1. The average Bonchev–Trinajstić information content (AvgIpc) is 3.03. The number of hydrogen-bond donors (Lipinski definition) is 1. The van der Waals surface area contributed by atoms with Gasteiger partial charge in [-0.25, -0.2) is 4.68 Å². The maximum atomic E-state index is 12.7. The normalized spacial score (nSPS) is 10.8. The Morgan fingerprint density at radius 2 is 1.92 bits per heavy atom. The molecule has 6 nitrogen and oxygen atoms in total. The molecule has 134 valence electrons. The molecule has 26 heavy (non-hydrogen) atoms. The van der Waals surface area contributed by atoms with Crippen LogP contribution in [0.15, 0.2) is 42.5 Å². The van der Waals surface area contributed by atoms with Crippen LogP contribution in [-0.4, -0.2) is 28.0 Å². The lowest BCUT2D eigenvalue weighted by atomic mass is 10.2. The van der Waals surface area contributed by atoms with Crippen molar-refractivity contribution in [2.24, 2.45) is 0 Å². The van der Waals surface area contributed by atoms with Gasteiger partial charge in [0, 0.05) is 17.8 Å². The summed E-state index contributed by atoms with van der Waals surface area (Å²) < 4.78 is 6.87. The van der Waals surface area contributed by atoms with Gasteiger partial charge >= 0.3 is 0 Å². The third-order valence-electron chi connectivity index (χ3n) is 3.95. The van der Waals surface area contributed by atoms with Crippen LogP contribution in [0.4, 0.5) is 5.69 Å². The lowest BCUT2D eigenvalue weighted by Gasteiger charge is -2.09. The van der Waals surface area contributed by atoms with Gasteiger partial charge < -0.3 is 10.1 Å². The van der Waals surface area contributed by atoms with E-state index >= 15 is 0 Å². The highest BCUT2D eigenvalue weighted by Gasteiger charge is 2.21. The van der Waals surface area contributed by atoms with Crippen LogP contribution in [0, 0.1) is 13.8 Å². The summed E-state index contributed by atoms with van der Waals surface area (Å²) in [7, 11) is 1.57. The summed E-state index contributed by atoms with van der Waals surface area (Å²) in [6.45, 7) is 4.10. The van der Waals surface area contributed by atoms with E-state index in [1.807, 2.05) is 38.1 Å². The van der Waals surface area contributed by atoms with E-state index in [4.69, 9.17) is 16.3 Å². The third kappa shape index (κ3) is 3.76. The first-order chi connectivity index (χ1) is 12.5. The molecule has 1 amide bonds. The van der Waals surface area contributed by atoms with Crippen molar-refractivity contribution in [1.82, 2.24) is 15.0 Å². The topological polar surface area (TPSA) is 69.0 Å². The number of carbonyl (C=O) groups is 1. The minimum Gasteiger partial charge on any atom is -0.378 e. The minimum absolute atomic E-state index is 0.212. The van der Waals surface area contributed by atoms with Crippen molar-refractivity contribution in [2.45, 2.75) is 20.5 Å². The fourth-order valence-electron chi connectivity index (χ4n) is 2.55. The number of aromatic nitrogens is 3. The van der Waals surface area contributed by atoms with Gasteiger partial charge in [0.15, 0.2) is 5.69 Å². The van der Waals surface area contributed by atoms with Crippen LogP contribution in [0.2, 0.25) is 5.02 Å². The van der Waals surface area contributed by atoms with Gasteiger partial charge in [-0.2, -0.15) is 0 Å². The second-order valence-corrected chi connectivity index (χ2v) is 6.39. The number of rotatable bonds is 5. The lowest BCUT2D eigenvalue weighted by Crippen LogP contribution is -2.16. The highest BCUT2D eigenvalue weighted by molar-refractivity contribution is 6.31. The van der Waals surface area contributed by atoms with Gasteiger partial charge in [0.25, 0.3) is 5.91 Å². The van der Waals surface area contributed by atoms with Crippen molar-refractivity contribution in [3.05, 3.63) is 70.0 Å². The lowest BCUT2D eigenvalue weighted by molar-refractivity contribution is 0.101. The van der Waals surface area contributed by atoms with Crippen molar-refractivity contribution in [2.75, 3.05) is 12.4 Å². The molecular weight excluding hydrogens is 352 g/mol. The van der Waals surface area contributed by atoms with E-state index in [9.17, 15) is 4.79 Å². The molecule has 3 aromatic rings. The van der Waals surface area contributed by atoms with E-state index in [1.165, 1.54) is 0 Å². The number of ether oxygens (including phenoxy) is 1. The molecule has 0 aliphatic heterocycles. The Bertz CT molecular complexity index is 935. The van der Waals surface area contributed by atoms with Crippen molar-refractivity contribution in [3.8, 4) is 5.69 Å². The van der Waals surface area contributed by atoms with Gasteiger partial charge in [0.1, 0.15) is 5.69 Å². The minimum atomic E-state index is -0.350. The van der Waals surface area contributed by atoms with Crippen LogP contribution < -0.4 is 5.32 Å². The molecule has 0 aliphatic rings. The fraction of sp³-hybridized carbons (Fsp3) is 0.211. The standard InChI is InChI=1S/C19H19ClN4O2/c1-12-4-7-15(8-5-12)24-17(11-26-3)18(22-23-24)19(25)21-14-6-9-16(20)13(2)10-14/h4-10H,11H2,1-3H3,(H,21,25). The smallest absolute Gasteiger partial charge is 0.278 e. The summed E-state index contributed by atoms with van der Waals surface area (Å²) in [6.07, 6.45) is 0. The predicted octanol–water partition coefficient (Wildman–Crippen LogP) is 3.94. The summed E-state index contributed by atoms with van der Waals surface area (Å²) in [6, 6.07) is 13.1. The maximum Gasteiger partial charge on any atom is 0.278 e. The molecule has 0 saturated heterocycles. The second kappa shape index (κ2) is 7.68. The Hall–Kier alpha value is -2.70. The first-order valence-corrected chi connectivity index (χ1v) is 8.45. The number of methoxy groups -OCH3 is 1. The van der Waals surface area contributed by atoms with Gasteiger partial charge in [-0.15, -0.1) is 5.10 Å². The molecule has 0 unspecified atom stereocenters. The van der Waals surface area contributed by atoms with E-state index in [0.717, 1.165) is 16.8 Å². The molecule has 0 radical (unpaired) electrons. The van der Waals surface area contributed by atoms with Gasteiger partial charge in [0.2, 0.25) is 0 Å². The number of carbonyl (C=O) groups excluding carboxylic acids is 1. The molecule has 0 bridgehead atoms. The predicted molar refractivity (Wildman–Crippen MR) is 101 cm³/mol. The number of halogens is 1. The molecule has 0 fully saturated rings. The molecular formula is C19H19ClN4O2. The van der Waals surface area contributed by atoms with E-state index in [0.29, 0.717) is 16.4 Å². The average molecular weight is 371 g/mol. The van der Waals surface area contributed by atoms with Gasteiger partial charge in [-0.3, -0.25) is 4.79 Å². The van der Waals surface area contributed by atoms with E-state index < -0.39 is 0 Å². The summed E-state index contributed by atoms with van der Waals surface area (Å²) in [5.41, 5.74) is 4.28. The molecule has 0 spiro atoms. The summed E-state index contributed by atoms with van der Waals surface area (Å²) in [5.74, 6) is -0.350. The van der Waals surface area contributed by atoms with Gasteiger partial charge in [-0.05, 0) is 49.7 Å². The number of nitrogens with one attached hydrogen (secondary N) is 1. The Kier molecular flexibility index (Phi) is 5.35. The van der Waals surface area contributed by atoms with Crippen LogP contribution in [0.25, 0.3) is 5.69 Å². The number of hydrogen-bond acceptors (Lipinski definition) is 4. The van der Waals surface area contributed by atoms with Crippen LogP contribution in [0.5, 0.6) is 0 Å². The van der Waals surface area contributed by atoms with Crippen molar-refractivity contribution >= 4 is 23.2 Å². The molecule has 1 aromatic heterocycles.